The number of fused-ring (bicyclic) bond motifs is 1. The van der Waals surface area contributed by atoms with Crippen molar-refractivity contribution in [2.45, 2.75) is 26.7 Å². The molecule has 0 spiro atoms. The Morgan fingerprint density at radius 1 is 1.06 bits per heavy atom. The van der Waals surface area contributed by atoms with E-state index in [0.29, 0.717) is 17.0 Å². The lowest BCUT2D eigenvalue weighted by Crippen LogP contribution is -2.43. The fraction of sp³-hybridized carbons (Fsp3) is 0.208. The fourth-order valence-electron chi connectivity index (χ4n) is 3.45. The summed E-state index contributed by atoms with van der Waals surface area (Å²) in [4.78, 5) is 38.4. The van der Waals surface area contributed by atoms with Crippen molar-refractivity contribution in [3.05, 3.63) is 104 Å². The van der Waals surface area contributed by atoms with E-state index in [1.54, 1.807) is 38.3 Å². The third-order valence-electron chi connectivity index (χ3n) is 5.23. The van der Waals surface area contributed by atoms with Gasteiger partial charge in [0.15, 0.2) is 0 Å². The summed E-state index contributed by atoms with van der Waals surface area (Å²) in [6.45, 7) is 1.70. The van der Waals surface area contributed by atoms with Crippen LogP contribution in [0.25, 0.3) is 6.20 Å². The van der Waals surface area contributed by atoms with Crippen LogP contribution < -0.4 is 16.0 Å². The highest BCUT2D eigenvalue weighted by atomic mass is 16.6. The first kappa shape index (κ1) is 21.2. The smallest absolute Gasteiger partial charge is 0.375 e. The van der Waals surface area contributed by atoms with Gasteiger partial charge in [0.1, 0.15) is 19.0 Å². The Bertz CT molecular complexity index is 1300. The van der Waals surface area contributed by atoms with Crippen LogP contribution in [0, 0.1) is 6.92 Å². The van der Waals surface area contributed by atoms with Crippen LogP contribution in [-0.4, -0.2) is 22.2 Å². The number of ether oxygens (including phenoxy) is 3. The molecular formula is C24H22N2O6. The van der Waals surface area contributed by atoms with E-state index in [1.165, 1.54) is 10.8 Å². The molecule has 0 unspecified atom stereocenters. The molecular weight excluding hydrogens is 412 g/mol. The molecule has 8 nitrogen and oxygen atoms in total. The maximum absolute atomic E-state index is 13.1. The molecule has 0 bridgehead atoms. The minimum Gasteiger partial charge on any atom is -0.497 e. The molecule has 32 heavy (non-hydrogen) atoms. The lowest BCUT2D eigenvalue weighted by Gasteiger charge is -2.21. The molecule has 1 aliphatic heterocycles. The number of esters is 1. The van der Waals surface area contributed by atoms with Crippen LogP contribution in [0.4, 0.5) is 0 Å². The Hall–Kier alpha value is -4.07. The summed E-state index contributed by atoms with van der Waals surface area (Å²) >= 11 is 0. The van der Waals surface area contributed by atoms with E-state index >= 15 is 0 Å². The molecule has 0 saturated carbocycles. The second kappa shape index (κ2) is 8.97. The van der Waals surface area contributed by atoms with Crippen LogP contribution in [0.1, 0.15) is 22.4 Å². The maximum Gasteiger partial charge on any atom is 0.375 e. The maximum atomic E-state index is 13.1. The van der Waals surface area contributed by atoms with Gasteiger partial charge >= 0.3 is 11.7 Å². The molecule has 0 aliphatic carbocycles. The van der Waals surface area contributed by atoms with Crippen LogP contribution in [0.3, 0.4) is 0 Å². The lowest BCUT2D eigenvalue weighted by atomic mass is 10.2. The van der Waals surface area contributed by atoms with Crippen molar-refractivity contribution in [3.8, 4) is 5.75 Å². The van der Waals surface area contributed by atoms with Gasteiger partial charge in [0.2, 0.25) is 5.76 Å². The average molecular weight is 434 g/mol. The Balaban J connectivity index is 1.61. The van der Waals surface area contributed by atoms with Crippen molar-refractivity contribution in [3.63, 3.8) is 0 Å². The van der Waals surface area contributed by atoms with Crippen LogP contribution in [0.15, 0.2) is 69.9 Å². The molecule has 1 aromatic heterocycles. The van der Waals surface area contributed by atoms with Gasteiger partial charge in [0.25, 0.3) is 5.56 Å². The van der Waals surface area contributed by atoms with Gasteiger partial charge < -0.3 is 14.2 Å². The quantitative estimate of drug-likeness (QED) is 0.554. The SMILES string of the molecule is COc1cccc(COC(=O)C2=Cn3c(c(C)c(=O)n(Cc4ccccc4)c3=O)CO2)c1. The zero-order valence-electron chi connectivity index (χ0n) is 17.7. The largest absolute Gasteiger partial charge is 0.497 e. The number of hydrogen-bond acceptors (Lipinski definition) is 6. The van der Waals surface area contributed by atoms with Crippen molar-refractivity contribution in [1.82, 2.24) is 9.13 Å². The third-order valence-corrected chi connectivity index (χ3v) is 5.23. The number of methoxy groups -OCH3 is 1. The van der Waals surface area contributed by atoms with Gasteiger partial charge in [-0.25, -0.2) is 9.59 Å². The topological polar surface area (TPSA) is 88.8 Å². The zero-order chi connectivity index (χ0) is 22.7. The molecule has 8 heteroatoms. The zero-order valence-corrected chi connectivity index (χ0v) is 17.7. The van der Waals surface area contributed by atoms with Gasteiger partial charge in [-0.1, -0.05) is 42.5 Å². The molecule has 2 aromatic carbocycles. The molecule has 0 amide bonds. The van der Waals surface area contributed by atoms with Crippen LogP contribution in [-0.2, 0) is 34.0 Å². The van der Waals surface area contributed by atoms with E-state index in [9.17, 15) is 14.4 Å². The second-order valence-corrected chi connectivity index (χ2v) is 7.31. The number of carbonyl (C=O) groups is 1. The fourth-order valence-corrected chi connectivity index (χ4v) is 3.45. The number of hydrogen-bond donors (Lipinski definition) is 0. The first-order chi connectivity index (χ1) is 15.5. The summed E-state index contributed by atoms with van der Waals surface area (Å²) < 4.78 is 18.4. The van der Waals surface area contributed by atoms with E-state index in [4.69, 9.17) is 14.2 Å². The highest BCUT2D eigenvalue weighted by Crippen LogP contribution is 2.18. The van der Waals surface area contributed by atoms with E-state index < -0.39 is 11.7 Å². The van der Waals surface area contributed by atoms with Crippen molar-refractivity contribution in [1.29, 1.82) is 0 Å². The van der Waals surface area contributed by atoms with Crippen molar-refractivity contribution in [2.75, 3.05) is 7.11 Å². The summed E-state index contributed by atoms with van der Waals surface area (Å²) in [7, 11) is 1.56. The number of carbonyl (C=O) groups excluding carboxylic acids is 1. The molecule has 0 N–H and O–H groups in total. The van der Waals surface area contributed by atoms with Gasteiger partial charge in [-0.2, -0.15) is 0 Å². The second-order valence-electron chi connectivity index (χ2n) is 7.31. The monoisotopic (exact) mass is 434 g/mol. The van der Waals surface area contributed by atoms with E-state index in [1.807, 2.05) is 30.3 Å². The Morgan fingerprint density at radius 2 is 1.81 bits per heavy atom. The number of nitrogens with zero attached hydrogens (tertiary/aromatic N) is 2. The molecule has 0 saturated heterocycles. The summed E-state index contributed by atoms with van der Waals surface area (Å²) in [6, 6.07) is 16.4. The molecule has 0 atom stereocenters. The molecule has 164 valence electrons. The van der Waals surface area contributed by atoms with Gasteiger partial charge in [-0.3, -0.25) is 13.9 Å². The Labute approximate surface area is 183 Å². The van der Waals surface area contributed by atoms with E-state index in [2.05, 4.69) is 0 Å². The normalized spacial score (nSPS) is 12.4. The number of benzene rings is 2. The first-order valence-corrected chi connectivity index (χ1v) is 10.0. The highest BCUT2D eigenvalue weighted by molar-refractivity contribution is 5.89. The van der Waals surface area contributed by atoms with Crippen molar-refractivity contribution in [2.24, 2.45) is 0 Å². The molecule has 4 rings (SSSR count). The van der Waals surface area contributed by atoms with Gasteiger partial charge in [-0.15, -0.1) is 0 Å². The minimum atomic E-state index is -0.705. The van der Waals surface area contributed by atoms with Crippen molar-refractivity contribution < 1.29 is 19.0 Å². The van der Waals surface area contributed by atoms with Crippen molar-refractivity contribution >= 4 is 12.2 Å². The van der Waals surface area contributed by atoms with Crippen LogP contribution in [0.5, 0.6) is 5.75 Å². The number of rotatable bonds is 6. The Kier molecular flexibility index (Phi) is 5.93. The standard InChI is InChI=1S/C24H22N2O6/c1-16-20-15-31-21(23(28)32-14-18-9-6-10-19(11-18)30-2)13-25(20)24(29)26(22(16)27)12-17-7-4-3-5-8-17/h3-11,13H,12,14-15H2,1-2H3. The summed E-state index contributed by atoms with van der Waals surface area (Å²) in [5, 5.41) is 0. The van der Waals surface area contributed by atoms with Crippen LogP contribution in [0.2, 0.25) is 0 Å². The predicted molar refractivity (Wildman–Crippen MR) is 117 cm³/mol. The van der Waals surface area contributed by atoms with E-state index in [0.717, 1.165) is 15.7 Å². The Morgan fingerprint density at radius 3 is 2.56 bits per heavy atom. The molecule has 3 aromatic rings. The van der Waals surface area contributed by atoms with Crippen LogP contribution >= 0.6 is 0 Å². The molecule has 0 fully saturated rings. The average Bonchev–Trinajstić information content (AvgIpc) is 2.84. The predicted octanol–water partition coefficient (Wildman–Crippen LogP) is 2.45. The molecule has 0 radical (unpaired) electrons. The lowest BCUT2D eigenvalue weighted by molar-refractivity contribution is -0.144. The minimum absolute atomic E-state index is 0.0189. The summed E-state index contributed by atoms with van der Waals surface area (Å²) in [6.07, 6.45) is 1.28. The molecule has 2 heterocycles. The highest BCUT2D eigenvalue weighted by Gasteiger charge is 2.24. The van der Waals surface area contributed by atoms with E-state index in [-0.39, 0.29) is 31.1 Å². The van der Waals surface area contributed by atoms with Gasteiger partial charge in [0, 0.05) is 5.56 Å². The summed E-state index contributed by atoms with van der Waals surface area (Å²) in [5.41, 5.74) is 1.45. The van der Waals surface area contributed by atoms with Gasteiger partial charge in [0.05, 0.1) is 25.5 Å². The van der Waals surface area contributed by atoms with Gasteiger partial charge in [-0.05, 0) is 30.2 Å². The molecule has 1 aliphatic rings. The number of aromatic nitrogens is 2. The third kappa shape index (κ3) is 4.20. The summed E-state index contributed by atoms with van der Waals surface area (Å²) in [5.74, 6) is -0.158. The first-order valence-electron chi connectivity index (χ1n) is 10.0.